The molecule has 2 nitrogen and oxygen atoms in total. The monoisotopic (exact) mass is 224 g/mol. The molecule has 15 heavy (non-hydrogen) atoms. The van der Waals surface area contributed by atoms with Gasteiger partial charge in [-0.1, -0.05) is 30.7 Å². The van der Waals surface area contributed by atoms with Crippen LogP contribution < -0.4 is 0 Å². The molecule has 0 aliphatic rings. The average Bonchev–Trinajstić information content (AvgIpc) is 2.18. The van der Waals surface area contributed by atoms with Gasteiger partial charge in [0, 0.05) is 12.0 Å². The van der Waals surface area contributed by atoms with Gasteiger partial charge in [-0.05, 0) is 18.6 Å². The third-order valence-corrected chi connectivity index (χ3v) is 2.39. The molecule has 0 heterocycles. The van der Waals surface area contributed by atoms with Crippen LogP contribution in [0.2, 0.25) is 5.02 Å². The maximum absolute atomic E-state index is 11.6. The molecule has 80 valence electrons. The van der Waals surface area contributed by atoms with Crippen molar-refractivity contribution in [2.75, 3.05) is 0 Å². The van der Waals surface area contributed by atoms with E-state index in [0.29, 0.717) is 17.0 Å². The van der Waals surface area contributed by atoms with Gasteiger partial charge in [0.25, 0.3) is 0 Å². The summed E-state index contributed by atoms with van der Waals surface area (Å²) >= 11 is 5.85. The molecule has 0 bridgehead atoms. The van der Waals surface area contributed by atoms with Crippen LogP contribution in [0.4, 0.5) is 0 Å². The number of ketones is 2. The van der Waals surface area contributed by atoms with Crippen molar-refractivity contribution in [2.24, 2.45) is 0 Å². The van der Waals surface area contributed by atoms with Crippen molar-refractivity contribution in [2.45, 2.75) is 26.2 Å². The maximum atomic E-state index is 11.6. The van der Waals surface area contributed by atoms with E-state index in [1.54, 1.807) is 24.3 Å². The van der Waals surface area contributed by atoms with Gasteiger partial charge in [-0.15, -0.1) is 0 Å². The normalized spacial score (nSPS) is 10.0. The van der Waals surface area contributed by atoms with Crippen LogP contribution in [0.15, 0.2) is 24.3 Å². The average molecular weight is 225 g/mol. The Balaban J connectivity index is 2.70. The Morgan fingerprint density at radius 1 is 1.27 bits per heavy atom. The van der Waals surface area contributed by atoms with Crippen LogP contribution in [0.5, 0.6) is 0 Å². The lowest BCUT2D eigenvalue weighted by atomic mass is 10.0. The van der Waals surface area contributed by atoms with Crippen LogP contribution in [0.1, 0.15) is 36.5 Å². The largest absolute Gasteiger partial charge is 0.299 e. The van der Waals surface area contributed by atoms with Crippen molar-refractivity contribution in [3.8, 4) is 0 Å². The molecule has 0 N–H and O–H groups in total. The molecule has 0 spiro atoms. The Kier molecular flexibility index (Phi) is 4.50. The van der Waals surface area contributed by atoms with Crippen molar-refractivity contribution in [3.05, 3.63) is 34.9 Å². The first kappa shape index (κ1) is 11.9. The van der Waals surface area contributed by atoms with Gasteiger partial charge < -0.3 is 0 Å². The molecule has 3 heteroatoms. The number of carbonyl (C=O) groups excluding carboxylic acids is 2. The Bertz CT molecular complexity index is 372. The summed E-state index contributed by atoms with van der Waals surface area (Å²) in [7, 11) is 0. The van der Waals surface area contributed by atoms with Gasteiger partial charge in [0.05, 0.1) is 11.4 Å². The standard InChI is InChI=1S/C12H13ClO2/c1-2-5-9(14)8-12(15)10-6-3-4-7-11(10)13/h3-4,6-7H,2,5,8H2,1H3. The molecule has 1 aromatic rings. The van der Waals surface area contributed by atoms with E-state index in [1.807, 2.05) is 6.92 Å². The third kappa shape index (κ3) is 3.48. The second-order valence-electron chi connectivity index (χ2n) is 3.37. The summed E-state index contributed by atoms with van der Waals surface area (Å²) in [6, 6.07) is 6.79. The predicted octanol–water partition coefficient (Wildman–Crippen LogP) is 3.28. The van der Waals surface area contributed by atoms with Crippen molar-refractivity contribution in [1.29, 1.82) is 0 Å². The molecule has 0 fully saturated rings. The molecule has 0 atom stereocenters. The van der Waals surface area contributed by atoms with Crippen LogP contribution in [-0.2, 0) is 4.79 Å². The molecular weight excluding hydrogens is 212 g/mol. The number of hydrogen-bond donors (Lipinski definition) is 0. The summed E-state index contributed by atoms with van der Waals surface area (Å²) in [5.74, 6) is -0.221. The molecule has 0 aliphatic heterocycles. The van der Waals surface area contributed by atoms with Crippen molar-refractivity contribution in [3.63, 3.8) is 0 Å². The van der Waals surface area contributed by atoms with E-state index in [-0.39, 0.29) is 18.0 Å². The number of hydrogen-bond acceptors (Lipinski definition) is 2. The highest BCUT2D eigenvalue weighted by Crippen LogP contribution is 2.17. The van der Waals surface area contributed by atoms with Crippen molar-refractivity contribution < 1.29 is 9.59 Å². The quantitative estimate of drug-likeness (QED) is 0.568. The Labute approximate surface area is 94.2 Å². The molecule has 0 radical (unpaired) electrons. The molecule has 0 saturated heterocycles. The Morgan fingerprint density at radius 2 is 1.93 bits per heavy atom. The van der Waals surface area contributed by atoms with Gasteiger partial charge in [0.1, 0.15) is 5.78 Å². The van der Waals surface area contributed by atoms with E-state index in [4.69, 9.17) is 11.6 Å². The summed E-state index contributed by atoms with van der Waals surface area (Å²) in [4.78, 5) is 22.9. The third-order valence-electron chi connectivity index (χ3n) is 2.06. The van der Waals surface area contributed by atoms with Crippen LogP contribution in [-0.4, -0.2) is 11.6 Å². The van der Waals surface area contributed by atoms with E-state index in [9.17, 15) is 9.59 Å². The van der Waals surface area contributed by atoms with Crippen LogP contribution in [0, 0.1) is 0 Å². The second kappa shape index (κ2) is 5.66. The highest BCUT2D eigenvalue weighted by Gasteiger charge is 2.13. The first-order valence-electron chi connectivity index (χ1n) is 4.94. The number of benzene rings is 1. The highest BCUT2D eigenvalue weighted by atomic mass is 35.5. The van der Waals surface area contributed by atoms with Crippen LogP contribution in [0.3, 0.4) is 0 Å². The van der Waals surface area contributed by atoms with Gasteiger partial charge in [0.15, 0.2) is 5.78 Å². The zero-order valence-corrected chi connectivity index (χ0v) is 9.38. The fourth-order valence-corrected chi connectivity index (χ4v) is 1.57. The molecule has 0 unspecified atom stereocenters. The summed E-state index contributed by atoms with van der Waals surface area (Å²) in [5.41, 5.74) is 0.434. The number of carbonyl (C=O) groups is 2. The zero-order valence-electron chi connectivity index (χ0n) is 8.63. The molecule has 0 saturated carbocycles. The smallest absolute Gasteiger partial charge is 0.171 e. The molecular formula is C12H13ClO2. The molecule has 1 rings (SSSR count). The van der Waals surface area contributed by atoms with Gasteiger partial charge in [-0.2, -0.15) is 0 Å². The summed E-state index contributed by atoms with van der Waals surface area (Å²) in [6.07, 6.45) is 1.18. The Morgan fingerprint density at radius 3 is 2.53 bits per heavy atom. The SMILES string of the molecule is CCCC(=O)CC(=O)c1ccccc1Cl. The van der Waals surface area contributed by atoms with Gasteiger partial charge in [0.2, 0.25) is 0 Å². The van der Waals surface area contributed by atoms with E-state index in [2.05, 4.69) is 0 Å². The Hall–Kier alpha value is -1.15. The van der Waals surface area contributed by atoms with Crippen molar-refractivity contribution in [1.82, 2.24) is 0 Å². The first-order chi connectivity index (χ1) is 7.15. The van der Waals surface area contributed by atoms with E-state index < -0.39 is 0 Å². The first-order valence-corrected chi connectivity index (χ1v) is 5.32. The second-order valence-corrected chi connectivity index (χ2v) is 3.78. The zero-order chi connectivity index (χ0) is 11.3. The topological polar surface area (TPSA) is 34.1 Å². The molecule has 0 aromatic heterocycles. The van der Waals surface area contributed by atoms with Gasteiger partial charge >= 0.3 is 0 Å². The van der Waals surface area contributed by atoms with E-state index in [1.165, 1.54) is 0 Å². The molecule has 0 aliphatic carbocycles. The fourth-order valence-electron chi connectivity index (χ4n) is 1.33. The molecule has 0 amide bonds. The highest BCUT2D eigenvalue weighted by molar-refractivity contribution is 6.34. The molecule has 1 aromatic carbocycles. The summed E-state index contributed by atoms with van der Waals surface area (Å²) in [5, 5.41) is 0.409. The van der Waals surface area contributed by atoms with Crippen molar-refractivity contribution >= 4 is 23.2 Å². The van der Waals surface area contributed by atoms with Crippen LogP contribution >= 0.6 is 11.6 Å². The summed E-state index contributed by atoms with van der Waals surface area (Å²) in [6.45, 7) is 1.91. The predicted molar refractivity (Wildman–Crippen MR) is 60.3 cm³/mol. The minimum Gasteiger partial charge on any atom is -0.299 e. The minimum atomic E-state index is -0.195. The van der Waals surface area contributed by atoms with Crippen LogP contribution in [0.25, 0.3) is 0 Å². The number of Topliss-reactive ketones (excluding diaryl/α,β-unsaturated/α-hetero) is 2. The number of halogens is 1. The lowest BCUT2D eigenvalue weighted by Crippen LogP contribution is -2.08. The lowest BCUT2D eigenvalue weighted by Gasteiger charge is -2.01. The number of rotatable bonds is 5. The lowest BCUT2D eigenvalue weighted by molar-refractivity contribution is -0.118. The maximum Gasteiger partial charge on any atom is 0.171 e. The van der Waals surface area contributed by atoms with Gasteiger partial charge in [-0.25, -0.2) is 0 Å². The fraction of sp³-hybridized carbons (Fsp3) is 0.333. The van der Waals surface area contributed by atoms with E-state index >= 15 is 0 Å². The van der Waals surface area contributed by atoms with E-state index in [0.717, 1.165) is 6.42 Å². The minimum absolute atomic E-state index is 0.0255. The van der Waals surface area contributed by atoms with Gasteiger partial charge in [-0.3, -0.25) is 9.59 Å². The summed E-state index contributed by atoms with van der Waals surface area (Å²) < 4.78 is 0.